The Labute approximate surface area is 63.6 Å². The summed E-state index contributed by atoms with van der Waals surface area (Å²) in [5.41, 5.74) is 0. The maximum absolute atomic E-state index is 9.42. The lowest BCUT2D eigenvalue weighted by atomic mass is 11.9. The molecule has 0 fully saturated rings. The van der Waals surface area contributed by atoms with Gasteiger partial charge in [-0.2, -0.15) is 0 Å². The van der Waals surface area contributed by atoms with E-state index in [1.165, 1.54) is 0 Å². The van der Waals surface area contributed by atoms with E-state index in [0.717, 1.165) is 0 Å². The van der Waals surface area contributed by atoms with Gasteiger partial charge in [0.15, 0.2) is 0 Å². The Bertz CT molecular complexity index is 32.6. The van der Waals surface area contributed by atoms with Gasteiger partial charge in [-0.1, -0.05) is 0 Å². The van der Waals surface area contributed by atoms with E-state index in [0.29, 0.717) is 0 Å². The second-order valence-corrected chi connectivity index (χ2v) is 4.25. The summed E-state index contributed by atoms with van der Waals surface area (Å²) >= 11 is 3.38. The van der Waals surface area contributed by atoms with Crippen molar-refractivity contribution < 1.29 is 4.79 Å². The summed E-state index contributed by atoms with van der Waals surface area (Å²) in [6.45, 7) is 0. The summed E-state index contributed by atoms with van der Waals surface area (Å²) < 4.78 is 0.107. The lowest BCUT2D eigenvalue weighted by Crippen LogP contribution is -1.41. The van der Waals surface area contributed by atoms with Crippen molar-refractivity contribution in [1.29, 1.82) is 0 Å². The standard InChI is InChI=1S/CI2O.ClH/c2-1(3)4;/h;1H. The Morgan fingerprint density at radius 1 is 1.40 bits per heavy atom. The number of carbonyl (C=O) groups excluding carboxylic acids is 1. The van der Waals surface area contributed by atoms with E-state index in [1.54, 1.807) is 45.2 Å². The normalized spacial score (nSPS) is 5.20. The average Bonchev–Trinajstić information content (AvgIpc) is 0.811. The second kappa shape index (κ2) is 5.42. The summed E-state index contributed by atoms with van der Waals surface area (Å²) in [5.74, 6) is 0. The summed E-state index contributed by atoms with van der Waals surface area (Å²) in [6.07, 6.45) is 0. The molecule has 0 aliphatic rings. The molecule has 0 atom stereocenters. The van der Waals surface area contributed by atoms with Crippen molar-refractivity contribution in [2.45, 2.75) is 0 Å². The van der Waals surface area contributed by atoms with Gasteiger partial charge in [0, 0.05) is 45.2 Å². The van der Waals surface area contributed by atoms with Gasteiger partial charge in [-0.15, -0.1) is 12.4 Å². The first kappa shape index (κ1) is 9.65. The van der Waals surface area contributed by atoms with Crippen molar-refractivity contribution >= 4 is 59.4 Å². The zero-order valence-electron chi connectivity index (χ0n) is 2.07. The molecule has 0 N–H and O–H groups in total. The Kier molecular flexibility index (Phi) is 10.5. The minimum atomic E-state index is 0. The minimum absolute atomic E-state index is 0. The summed E-state index contributed by atoms with van der Waals surface area (Å²) in [4.78, 5) is 9.42. The number of halogens is 3. The first-order valence-electron chi connectivity index (χ1n) is 0.582. The lowest BCUT2D eigenvalue weighted by Gasteiger charge is -1.49. The van der Waals surface area contributed by atoms with Crippen molar-refractivity contribution in [3.8, 4) is 0 Å². The first-order chi connectivity index (χ1) is 1.73. The molecule has 0 amide bonds. The van der Waals surface area contributed by atoms with Crippen LogP contribution in [0.2, 0.25) is 0 Å². The van der Waals surface area contributed by atoms with Crippen LogP contribution < -0.4 is 0 Å². The molecule has 0 bridgehead atoms. The molecule has 0 aromatic carbocycles. The van der Waals surface area contributed by atoms with E-state index >= 15 is 0 Å². The largest absolute Gasteiger partial charge is 0.276 e. The molecule has 0 saturated heterocycles. The molecule has 0 aliphatic heterocycles. The predicted molar refractivity (Wildman–Crippen MR) is 40.7 cm³/mol. The molecule has 4 heteroatoms. The molecular formula is CHClI2O. The number of hydrogen-bond donors (Lipinski definition) is 0. The highest BCUT2D eigenvalue weighted by atomic mass is 127. The van der Waals surface area contributed by atoms with E-state index < -0.39 is 0 Å². The highest BCUT2D eigenvalue weighted by molar-refractivity contribution is 14.2. The van der Waals surface area contributed by atoms with Gasteiger partial charge in [0.1, 0.15) is 0 Å². The van der Waals surface area contributed by atoms with Crippen molar-refractivity contribution in [3.63, 3.8) is 0 Å². The van der Waals surface area contributed by atoms with E-state index in [9.17, 15) is 4.79 Å². The van der Waals surface area contributed by atoms with E-state index in [4.69, 9.17) is 0 Å². The maximum Gasteiger partial charge on any atom is 0.251 e. The highest BCUT2D eigenvalue weighted by Crippen LogP contribution is 1.95. The smallest absolute Gasteiger partial charge is 0.251 e. The molecule has 1 nitrogen and oxygen atoms in total. The maximum atomic E-state index is 9.42. The molecule has 0 aromatic heterocycles. The fraction of sp³-hybridized carbons (Fsp3) is 0. The average molecular weight is 318 g/mol. The Balaban J connectivity index is 0. The van der Waals surface area contributed by atoms with Gasteiger partial charge >= 0.3 is 0 Å². The zero-order valence-corrected chi connectivity index (χ0v) is 7.20. The van der Waals surface area contributed by atoms with Crippen LogP contribution in [0.25, 0.3) is 0 Å². The number of rotatable bonds is 0. The fourth-order valence-electron chi connectivity index (χ4n) is 0. The van der Waals surface area contributed by atoms with Crippen molar-refractivity contribution in [2.24, 2.45) is 0 Å². The van der Waals surface area contributed by atoms with Gasteiger partial charge in [0.05, 0.1) is 0 Å². The quantitative estimate of drug-likeness (QED) is 0.495. The third-order valence-electron chi connectivity index (χ3n) is 0. The van der Waals surface area contributed by atoms with Crippen LogP contribution >= 0.6 is 57.6 Å². The highest BCUT2D eigenvalue weighted by Gasteiger charge is 1.69. The van der Waals surface area contributed by atoms with Gasteiger partial charge in [0.2, 0.25) is 0 Å². The third-order valence-corrected chi connectivity index (χ3v) is 0. The summed E-state index contributed by atoms with van der Waals surface area (Å²) in [5, 5.41) is 0. The monoisotopic (exact) mass is 318 g/mol. The molecule has 0 unspecified atom stereocenters. The van der Waals surface area contributed by atoms with Crippen molar-refractivity contribution in [3.05, 3.63) is 0 Å². The molecule has 0 heterocycles. The summed E-state index contributed by atoms with van der Waals surface area (Å²) in [6, 6.07) is 0. The Morgan fingerprint density at radius 2 is 1.40 bits per heavy atom. The van der Waals surface area contributed by atoms with Gasteiger partial charge in [0.25, 0.3) is 1.80 Å². The van der Waals surface area contributed by atoms with E-state index in [2.05, 4.69) is 0 Å². The van der Waals surface area contributed by atoms with Crippen LogP contribution in [-0.2, 0) is 0 Å². The van der Waals surface area contributed by atoms with Gasteiger partial charge in [-0.25, -0.2) is 0 Å². The van der Waals surface area contributed by atoms with Gasteiger partial charge < -0.3 is 0 Å². The van der Waals surface area contributed by atoms with Gasteiger partial charge in [-0.3, -0.25) is 4.79 Å². The number of carbonyl (C=O) groups is 1. The first-order valence-corrected chi connectivity index (χ1v) is 2.74. The molecule has 0 radical (unpaired) electrons. The Hall–Kier alpha value is 1.42. The van der Waals surface area contributed by atoms with Crippen LogP contribution in [0.4, 0.5) is 4.79 Å². The van der Waals surface area contributed by atoms with E-state index in [1.807, 2.05) is 0 Å². The molecule has 0 aliphatic carbocycles. The van der Waals surface area contributed by atoms with Crippen LogP contribution in [0.15, 0.2) is 0 Å². The molecule has 0 aromatic rings. The van der Waals surface area contributed by atoms with E-state index in [-0.39, 0.29) is 14.2 Å². The molecular weight excluding hydrogens is 317 g/mol. The SMILES string of the molecule is Cl.O=C(I)I. The van der Waals surface area contributed by atoms with Crippen molar-refractivity contribution in [1.82, 2.24) is 0 Å². The lowest BCUT2D eigenvalue weighted by molar-refractivity contribution is 0.280. The number of hydrogen-bond acceptors (Lipinski definition) is 1. The van der Waals surface area contributed by atoms with Crippen LogP contribution in [0.1, 0.15) is 0 Å². The molecule has 0 rings (SSSR count). The molecule has 5 heavy (non-hydrogen) atoms. The second-order valence-electron chi connectivity index (χ2n) is 0.226. The molecule has 0 spiro atoms. The van der Waals surface area contributed by atoms with Crippen LogP contribution in [0.5, 0.6) is 0 Å². The van der Waals surface area contributed by atoms with Crippen LogP contribution in [0, 0.1) is 0 Å². The Morgan fingerprint density at radius 3 is 1.40 bits per heavy atom. The van der Waals surface area contributed by atoms with Gasteiger partial charge in [-0.05, 0) is 0 Å². The predicted octanol–water partition coefficient (Wildman–Crippen LogP) is 2.40. The fourth-order valence-corrected chi connectivity index (χ4v) is 0. The third kappa shape index (κ3) is 31.4. The molecule has 32 valence electrons. The van der Waals surface area contributed by atoms with Crippen LogP contribution in [-0.4, -0.2) is 1.80 Å². The molecule has 0 saturated carbocycles. The van der Waals surface area contributed by atoms with Crippen molar-refractivity contribution in [2.75, 3.05) is 0 Å². The topological polar surface area (TPSA) is 17.1 Å². The summed E-state index contributed by atoms with van der Waals surface area (Å²) in [7, 11) is 0. The zero-order chi connectivity index (χ0) is 3.58. The minimum Gasteiger partial charge on any atom is -0.276 e. The van der Waals surface area contributed by atoms with Crippen LogP contribution in [0.3, 0.4) is 0 Å².